The van der Waals surface area contributed by atoms with Crippen molar-refractivity contribution in [1.82, 2.24) is 24.5 Å². The summed E-state index contributed by atoms with van der Waals surface area (Å²) in [4.78, 5) is 37.4. The van der Waals surface area contributed by atoms with E-state index in [0.29, 0.717) is 25.7 Å². The molecule has 3 aromatic heterocycles. The number of hydrogen-bond donors (Lipinski definition) is 2. The maximum atomic E-state index is 13.1. The van der Waals surface area contributed by atoms with Gasteiger partial charge in [0, 0.05) is 35.3 Å². The standard InChI is InChI=1S/C36H38N6O4/c1-23-19-31-38-21-28-20-30(25-5-3-2-4-6-25)32(39-33(28)42(31)40-23)26-9-7-24(8-10-26)22-41-17-13-27(14-18-41)34(44)46-36(35(37)45)15-11-29(43)12-16-36/h2-10,19-21,27,29,43H,11-18,22H2,1H3,(H2,37,45). The van der Waals surface area contributed by atoms with Gasteiger partial charge in [0.15, 0.2) is 16.9 Å². The van der Waals surface area contributed by atoms with Crippen LogP contribution in [0.5, 0.6) is 0 Å². The van der Waals surface area contributed by atoms with Crippen molar-refractivity contribution in [3.8, 4) is 22.4 Å². The van der Waals surface area contributed by atoms with Crippen LogP contribution in [0.3, 0.4) is 0 Å². The van der Waals surface area contributed by atoms with Gasteiger partial charge in [-0.25, -0.2) is 9.97 Å². The van der Waals surface area contributed by atoms with Crippen LogP contribution in [-0.2, 0) is 20.9 Å². The number of likely N-dealkylation sites (tertiary alicyclic amines) is 1. The lowest BCUT2D eigenvalue weighted by atomic mass is 9.82. The summed E-state index contributed by atoms with van der Waals surface area (Å²) >= 11 is 0. The first-order valence-electron chi connectivity index (χ1n) is 16.0. The predicted molar refractivity (Wildman–Crippen MR) is 174 cm³/mol. The molecule has 5 aromatic rings. The number of pyridine rings is 1. The molecule has 10 heteroatoms. The van der Waals surface area contributed by atoms with Gasteiger partial charge in [-0.05, 0) is 75.7 Å². The Morgan fingerprint density at radius 3 is 2.39 bits per heavy atom. The molecular weight excluding hydrogens is 580 g/mol. The van der Waals surface area contributed by atoms with Gasteiger partial charge in [0.1, 0.15) is 0 Å². The van der Waals surface area contributed by atoms with Gasteiger partial charge in [-0.2, -0.15) is 9.61 Å². The van der Waals surface area contributed by atoms with Crippen LogP contribution in [-0.4, -0.2) is 66.3 Å². The Kier molecular flexibility index (Phi) is 8.00. The molecule has 10 nitrogen and oxygen atoms in total. The fourth-order valence-electron chi connectivity index (χ4n) is 6.81. The van der Waals surface area contributed by atoms with Crippen LogP contribution in [0.2, 0.25) is 0 Å². The van der Waals surface area contributed by atoms with Gasteiger partial charge in [0.05, 0.1) is 23.4 Å². The summed E-state index contributed by atoms with van der Waals surface area (Å²) in [6.07, 6.45) is 4.06. The third kappa shape index (κ3) is 5.86. The highest BCUT2D eigenvalue weighted by molar-refractivity contribution is 5.91. The van der Waals surface area contributed by atoms with Crippen molar-refractivity contribution in [3.05, 3.63) is 84.2 Å². The zero-order chi connectivity index (χ0) is 31.8. The van der Waals surface area contributed by atoms with Crippen LogP contribution >= 0.6 is 0 Å². The Morgan fingerprint density at radius 1 is 0.978 bits per heavy atom. The molecular formula is C36H38N6O4. The maximum Gasteiger partial charge on any atom is 0.310 e. The lowest BCUT2D eigenvalue weighted by Crippen LogP contribution is -2.52. The van der Waals surface area contributed by atoms with Gasteiger partial charge in [-0.1, -0.05) is 54.6 Å². The van der Waals surface area contributed by atoms with Crippen LogP contribution < -0.4 is 5.73 Å². The number of aliphatic hydroxyl groups is 1. The second-order valence-corrected chi connectivity index (χ2v) is 12.7. The first-order valence-corrected chi connectivity index (χ1v) is 16.0. The maximum absolute atomic E-state index is 13.1. The number of fused-ring (bicyclic) bond motifs is 3. The second-order valence-electron chi connectivity index (χ2n) is 12.7. The molecule has 236 valence electrons. The summed E-state index contributed by atoms with van der Waals surface area (Å²) in [7, 11) is 0. The molecule has 0 radical (unpaired) electrons. The minimum absolute atomic E-state index is 0.266. The van der Waals surface area contributed by atoms with Crippen molar-refractivity contribution < 1.29 is 19.4 Å². The predicted octanol–water partition coefficient (Wildman–Crippen LogP) is 4.83. The Balaban J connectivity index is 1.06. The van der Waals surface area contributed by atoms with Crippen LogP contribution in [0.15, 0.2) is 72.9 Å². The van der Waals surface area contributed by atoms with E-state index < -0.39 is 17.6 Å². The Morgan fingerprint density at radius 2 is 1.70 bits per heavy atom. The number of primary amides is 1. The van der Waals surface area contributed by atoms with Crippen molar-refractivity contribution in [1.29, 1.82) is 0 Å². The highest BCUT2D eigenvalue weighted by Gasteiger charge is 2.45. The molecule has 1 aliphatic heterocycles. The molecule has 1 amide bonds. The average Bonchev–Trinajstić information content (AvgIpc) is 3.47. The highest BCUT2D eigenvalue weighted by atomic mass is 16.6. The fraction of sp³-hybridized carbons (Fsp3) is 0.361. The number of hydrogen-bond acceptors (Lipinski definition) is 8. The minimum Gasteiger partial charge on any atom is -0.449 e. The number of nitrogens with zero attached hydrogens (tertiary/aromatic N) is 5. The van der Waals surface area contributed by atoms with E-state index in [0.717, 1.165) is 64.4 Å². The molecule has 0 bridgehead atoms. The molecule has 1 aliphatic carbocycles. The molecule has 0 unspecified atom stereocenters. The summed E-state index contributed by atoms with van der Waals surface area (Å²) in [5, 5.41) is 15.4. The van der Waals surface area contributed by atoms with E-state index in [1.54, 1.807) is 0 Å². The van der Waals surface area contributed by atoms with E-state index >= 15 is 0 Å². The number of aryl methyl sites for hydroxylation is 1. The van der Waals surface area contributed by atoms with E-state index in [4.69, 9.17) is 15.5 Å². The minimum atomic E-state index is -1.30. The molecule has 1 saturated heterocycles. The van der Waals surface area contributed by atoms with E-state index in [-0.39, 0.29) is 24.7 Å². The average molecular weight is 619 g/mol. The van der Waals surface area contributed by atoms with Crippen LogP contribution in [0.1, 0.15) is 49.8 Å². The Labute approximate surface area is 267 Å². The first kappa shape index (κ1) is 30.0. The molecule has 2 aromatic carbocycles. The number of amides is 1. The number of carbonyl (C=O) groups excluding carboxylic acids is 2. The quantitative estimate of drug-likeness (QED) is 0.248. The van der Waals surface area contributed by atoms with Crippen molar-refractivity contribution >= 4 is 28.6 Å². The Bertz CT molecular complexity index is 1890. The zero-order valence-electron chi connectivity index (χ0n) is 25.9. The highest BCUT2D eigenvalue weighted by Crippen LogP contribution is 2.35. The van der Waals surface area contributed by atoms with Gasteiger partial charge in [0.2, 0.25) is 0 Å². The number of rotatable bonds is 7. The SMILES string of the molecule is Cc1cc2ncc3cc(-c4ccccc4)c(-c4ccc(CN5CCC(C(=O)OC6(C(N)=O)CCC(O)CC6)CC5)cc4)nc3n2n1. The number of carbonyl (C=O) groups is 2. The molecule has 0 atom stereocenters. The van der Waals surface area contributed by atoms with Crippen molar-refractivity contribution in [3.63, 3.8) is 0 Å². The van der Waals surface area contributed by atoms with Crippen molar-refractivity contribution in [2.24, 2.45) is 11.7 Å². The molecule has 1 saturated carbocycles. The molecule has 2 fully saturated rings. The lowest BCUT2D eigenvalue weighted by Gasteiger charge is -2.38. The van der Waals surface area contributed by atoms with E-state index in [2.05, 4.69) is 57.4 Å². The summed E-state index contributed by atoms with van der Waals surface area (Å²) in [6.45, 7) is 4.22. The third-order valence-electron chi connectivity index (χ3n) is 9.53. The fourth-order valence-corrected chi connectivity index (χ4v) is 6.81. The number of aliphatic hydroxyl groups excluding tert-OH is 1. The number of ether oxygens (including phenoxy) is 1. The van der Waals surface area contributed by atoms with Crippen LogP contribution in [0.4, 0.5) is 0 Å². The summed E-state index contributed by atoms with van der Waals surface area (Å²) in [5.41, 5.74) is 12.0. The molecule has 4 heterocycles. The summed E-state index contributed by atoms with van der Waals surface area (Å²) < 4.78 is 7.58. The summed E-state index contributed by atoms with van der Waals surface area (Å²) in [6, 6.07) is 22.9. The largest absolute Gasteiger partial charge is 0.449 e. The van der Waals surface area contributed by atoms with Gasteiger partial charge in [-0.15, -0.1) is 0 Å². The van der Waals surface area contributed by atoms with Crippen LogP contribution in [0.25, 0.3) is 39.1 Å². The number of nitrogens with two attached hydrogens (primary N) is 1. The number of aromatic nitrogens is 4. The van der Waals surface area contributed by atoms with Gasteiger partial charge >= 0.3 is 5.97 Å². The monoisotopic (exact) mass is 618 g/mol. The van der Waals surface area contributed by atoms with Crippen molar-refractivity contribution in [2.75, 3.05) is 13.1 Å². The van der Waals surface area contributed by atoms with Gasteiger partial charge in [0.25, 0.3) is 5.91 Å². The zero-order valence-corrected chi connectivity index (χ0v) is 25.9. The number of piperidine rings is 1. The summed E-state index contributed by atoms with van der Waals surface area (Å²) in [5.74, 6) is -1.24. The number of esters is 1. The normalized spacial score (nSPS) is 21.0. The van der Waals surface area contributed by atoms with Crippen LogP contribution in [0, 0.1) is 12.8 Å². The van der Waals surface area contributed by atoms with Crippen molar-refractivity contribution in [2.45, 2.75) is 63.7 Å². The van der Waals surface area contributed by atoms with E-state index in [1.807, 2.05) is 41.9 Å². The van der Waals surface area contributed by atoms with E-state index in [1.165, 1.54) is 5.56 Å². The molecule has 2 aliphatic rings. The molecule has 0 spiro atoms. The van der Waals surface area contributed by atoms with Gasteiger partial charge in [-0.3, -0.25) is 14.5 Å². The first-order chi connectivity index (χ1) is 22.3. The van der Waals surface area contributed by atoms with Gasteiger partial charge < -0.3 is 15.6 Å². The smallest absolute Gasteiger partial charge is 0.310 e. The Hall–Kier alpha value is -4.67. The lowest BCUT2D eigenvalue weighted by molar-refractivity contribution is -0.178. The number of benzene rings is 2. The molecule has 46 heavy (non-hydrogen) atoms. The molecule has 7 rings (SSSR count). The molecule has 3 N–H and O–H groups in total. The third-order valence-corrected chi connectivity index (χ3v) is 9.53. The second kappa shape index (κ2) is 12.3. The topological polar surface area (TPSA) is 136 Å². The van der Waals surface area contributed by atoms with E-state index in [9.17, 15) is 14.7 Å².